The largest absolute Gasteiger partial charge is 0.351 e. The number of carbonyl (C=O) groups excluding carboxylic acids is 1. The number of thioether (sulfide) groups is 1. The van der Waals surface area contributed by atoms with Crippen LogP contribution < -0.4 is 10.2 Å². The first kappa shape index (κ1) is 24.1. The summed E-state index contributed by atoms with van der Waals surface area (Å²) in [5.74, 6) is 1.000. The van der Waals surface area contributed by atoms with Gasteiger partial charge in [-0.15, -0.1) is 24.2 Å². The molecule has 0 spiro atoms. The predicted octanol–water partition coefficient (Wildman–Crippen LogP) is 5.04. The Balaban J connectivity index is 0.00000272. The molecule has 1 N–H and O–H groups in total. The number of carbonyl (C=O) groups is 1. The van der Waals surface area contributed by atoms with Gasteiger partial charge in [-0.25, -0.2) is 4.98 Å². The normalized spacial score (nSPS) is 14.5. The Labute approximate surface area is 202 Å². The van der Waals surface area contributed by atoms with Crippen molar-refractivity contribution in [2.75, 3.05) is 49.9 Å². The molecule has 1 amide bonds. The summed E-state index contributed by atoms with van der Waals surface area (Å²) in [4.78, 5) is 23.0. The van der Waals surface area contributed by atoms with E-state index in [0.717, 1.165) is 64.3 Å². The van der Waals surface area contributed by atoms with Gasteiger partial charge in [0.05, 0.1) is 9.72 Å². The average Bonchev–Trinajstić information content (AvgIpc) is 3.20. The van der Waals surface area contributed by atoms with E-state index >= 15 is 0 Å². The van der Waals surface area contributed by atoms with Crippen molar-refractivity contribution in [1.82, 2.24) is 15.2 Å². The SMILES string of the molecule is CCSc1cccc(C(=O)NCCN2CCN(c3nc4c(Cl)cccc4s3)CC2)c1.Cl. The number of hydrogen-bond donors (Lipinski definition) is 1. The van der Waals surface area contributed by atoms with E-state index in [9.17, 15) is 4.79 Å². The molecule has 1 saturated heterocycles. The fourth-order valence-corrected chi connectivity index (χ4v) is 5.56. The highest BCUT2D eigenvalue weighted by Crippen LogP contribution is 2.33. The Hall–Kier alpha value is -1.51. The second kappa shape index (κ2) is 11.4. The van der Waals surface area contributed by atoms with Crippen molar-refractivity contribution < 1.29 is 4.79 Å². The highest BCUT2D eigenvalue weighted by atomic mass is 35.5. The minimum atomic E-state index is -0.00135. The van der Waals surface area contributed by atoms with Gasteiger partial charge in [-0.2, -0.15) is 0 Å². The molecule has 0 atom stereocenters. The van der Waals surface area contributed by atoms with Crippen LogP contribution in [0, 0.1) is 0 Å². The third-order valence-corrected chi connectivity index (χ3v) is 7.38. The molecule has 1 aliphatic rings. The molecule has 4 rings (SSSR count). The molecule has 1 aliphatic heterocycles. The summed E-state index contributed by atoms with van der Waals surface area (Å²) >= 11 is 9.71. The molecule has 166 valence electrons. The van der Waals surface area contributed by atoms with Crippen LogP contribution in [0.25, 0.3) is 10.2 Å². The van der Waals surface area contributed by atoms with Crippen LogP contribution in [0.15, 0.2) is 47.4 Å². The fraction of sp³-hybridized carbons (Fsp3) is 0.364. The first-order valence-electron chi connectivity index (χ1n) is 10.2. The lowest BCUT2D eigenvalue weighted by atomic mass is 10.2. The van der Waals surface area contributed by atoms with E-state index < -0.39 is 0 Å². The zero-order valence-electron chi connectivity index (χ0n) is 17.3. The lowest BCUT2D eigenvalue weighted by Gasteiger charge is -2.34. The van der Waals surface area contributed by atoms with Gasteiger partial charge in [-0.3, -0.25) is 9.69 Å². The summed E-state index contributed by atoms with van der Waals surface area (Å²) in [6, 6.07) is 13.8. The van der Waals surface area contributed by atoms with E-state index in [1.165, 1.54) is 0 Å². The van der Waals surface area contributed by atoms with Gasteiger partial charge in [-0.05, 0) is 36.1 Å². The molecular formula is C22H26Cl2N4OS2. The molecule has 0 aliphatic carbocycles. The molecular weight excluding hydrogens is 471 g/mol. The molecule has 2 heterocycles. The van der Waals surface area contributed by atoms with E-state index in [4.69, 9.17) is 16.6 Å². The summed E-state index contributed by atoms with van der Waals surface area (Å²) in [5.41, 5.74) is 1.62. The second-order valence-electron chi connectivity index (χ2n) is 7.13. The molecule has 0 saturated carbocycles. The molecule has 0 bridgehead atoms. The van der Waals surface area contributed by atoms with Crippen LogP contribution in [0.3, 0.4) is 0 Å². The van der Waals surface area contributed by atoms with Gasteiger partial charge in [-0.1, -0.05) is 42.0 Å². The monoisotopic (exact) mass is 496 g/mol. The van der Waals surface area contributed by atoms with E-state index in [2.05, 4.69) is 28.1 Å². The van der Waals surface area contributed by atoms with Crippen LogP contribution in [0.4, 0.5) is 5.13 Å². The number of fused-ring (bicyclic) bond motifs is 1. The summed E-state index contributed by atoms with van der Waals surface area (Å²) in [6.07, 6.45) is 0. The lowest BCUT2D eigenvalue weighted by Crippen LogP contribution is -2.48. The summed E-state index contributed by atoms with van der Waals surface area (Å²) < 4.78 is 1.13. The third kappa shape index (κ3) is 6.05. The van der Waals surface area contributed by atoms with Gasteiger partial charge in [0.1, 0.15) is 5.52 Å². The van der Waals surface area contributed by atoms with E-state index in [1.807, 2.05) is 36.4 Å². The van der Waals surface area contributed by atoms with Gasteiger partial charge < -0.3 is 10.2 Å². The number of halogens is 2. The molecule has 0 unspecified atom stereocenters. The quantitative estimate of drug-likeness (QED) is 0.464. The Morgan fingerprint density at radius 2 is 1.97 bits per heavy atom. The molecule has 5 nitrogen and oxygen atoms in total. The number of para-hydroxylation sites is 1. The van der Waals surface area contributed by atoms with E-state index in [-0.39, 0.29) is 18.3 Å². The smallest absolute Gasteiger partial charge is 0.251 e. The van der Waals surface area contributed by atoms with Crippen molar-refractivity contribution in [3.05, 3.63) is 53.1 Å². The Bertz CT molecular complexity index is 1020. The van der Waals surface area contributed by atoms with E-state index in [1.54, 1.807) is 23.1 Å². The highest BCUT2D eigenvalue weighted by molar-refractivity contribution is 7.99. The number of anilines is 1. The number of nitrogens with one attached hydrogen (secondary N) is 1. The van der Waals surface area contributed by atoms with Crippen LogP contribution in [0.5, 0.6) is 0 Å². The minimum absolute atomic E-state index is 0. The molecule has 1 aromatic heterocycles. The number of aromatic nitrogens is 1. The number of piperazine rings is 1. The number of nitrogens with zero attached hydrogens (tertiary/aromatic N) is 3. The van der Waals surface area contributed by atoms with Crippen molar-refractivity contribution in [2.45, 2.75) is 11.8 Å². The number of amides is 1. The molecule has 9 heteroatoms. The minimum Gasteiger partial charge on any atom is -0.351 e. The van der Waals surface area contributed by atoms with Crippen LogP contribution in [-0.2, 0) is 0 Å². The summed E-state index contributed by atoms with van der Waals surface area (Å²) in [7, 11) is 0. The lowest BCUT2D eigenvalue weighted by molar-refractivity contribution is 0.0947. The van der Waals surface area contributed by atoms with Gasteiger partial charge in [0.15, 0.2) is 5.13 Å². The maximum absolute atomic E-state index is 12.4. The van der Waals surface area contributed by atoms with Crippen molar-refractivity contribution in [3.8, 4) is 0 Å². The topological polar surface area (TPSA) is 48.5 Å². The first-order valence-corrected chi connectivity index (χ1v) is 12.4. The van der Waals surface area contributed by atoms with Crippen molar-refractivity contribution in [3.63, 3.8) is 0 Å². The van der Waals surface area contributed by atoms with Gasteiger partial charge in [0.25, 0.3) is 5.91 Å². The summed E-state index contributed by atoms with van der Waals surface area (Å²) in [5, 5.41) is 4.80. The van der Waals surface area contributed by atoms with Crippen LogP contribution in [0.1, 0.15) is 17.3 Å². The van der Waals surface area contributed by atoms with Gasteiger partial charge >= 0.3 is 0 Å². The molecule has 2 aromatic carbocycles. The zero-order valence-corrected chi connectivity index (χ0v) is 20.5. The Morgan fingerprint density at radius 3 is 2.71 bits per heavy atom. The van der Waals surface area contributed by atoms with Crippen LogP contribution in [0.2, 0.25) is 5.02 Å². The van der Waals surface area contributed by atoms with Crippen LogP contribution >= 0.6 is 47.1 Å². The van der Waals surface area contributed by atoms with Crippen molar-refractivity contribution in [1.29, 1.82) is 0 Å². The Morgan fingerprint density at radius 1 is 1.19 bits per heavy atom. The number of benzene rings is 2. The van der Waals surface area contributed by atoms with Crippen molar-refractivity contribution in [2.24, 2.45) is 0 Å². The van der Waals surface area contributed by atoms with Gasteiger partial charge in [0.2, 0.25) is 0 Å². The molecule has 3 aromatic rings. The highest BCUT2D eigenvalue weighted by Gasteiger charge is 2.20. The summed E-state index contributed by atoms with van der Waals surface area (Å²) in [6.45, 7) is 7.41. The molecule has 1 fully saturated rings. The fourth-order valence-electron chi connectivity index (χ4n) is 3.52. The maximum atomic E-state index is 12.4. The van der Waals surface area contributed by atoms with E-state index in [0.29, 0.717) is 11.6 Å². The molecule has 0 radical (unpaired) electrons. The maximum Gasteiger partial charge on any atom is 0.251 e. The van der Waals surface area contributed by atoms with Crippen LogP contribution in [-0.4, -0.2) is 60.8 Å². The average molecular weight is 498 g/mol. The van der Waals surface area contributed by atoms with Gasteiger partial charge in [0, 0.05) is 49.7 Å². The Kier molecular flexibility index (Phi) is 8.86. The van der Waals surface area contributed by atoms with Crippen molar-refractivity contribution >= 4 is 68.4 Å². The standard InChI is InChI=1S/C22H25ClN4OS2.ClH/c1-2-29-17-6-3-5-16(15-17)21(28)24-9-10-26-11-13-27(14-12-26)22-25-20-18(23)7-4-8-19(20)30-22;/h3-8,15H,2,9-14H2,1H3,(H,24,28);1H. The number of thiazole rings is 1. The zero-order chi connectivity index (χ0) is 20.9. The predicted molar refractivity (Wildman–Crippen MR) is 136 cm³/mol. The second-order valence-corrected chi connectivity index (χ2v) is 9.88. The first-order chi connectivity index (χ1) is 14.6. The number of rotatable bonds is 7. The molecule has 31 heavy (non-hydrogen) atoms. The third-order valence-electron chi connectivity index (χ3n) is 5.12. The number of hydrogen-bond acceptors (Lipinski definition) is 6.